The fourth-order valence-electron chi connectivity index (χ4n) is 11.8. The van der Waals surface area contributed by atoms with Gasteiger partial charge in [-0.15, -0.1) is 0 Å². The van der Waals surface area contributed by atoms with E-state index in [1.54, 1.807) is 0 Å². The maximum absolute atomic E-state index is 12.8. The quantitative estimate of drug-likeness (QED) is 0.442. The first kappa shape index (κ1) is 25.2. The van der Waals surface area contributed by atoms with Crippen LogP contribution in [0.2, 0.25) is 0 Å². The molecule has 0 amide bonds. The second kappa shape index (κ2) is 7.12. The third-order valence-corrected chi connectivity index (χ3v) is 15.0. The summed E-state index contributed by atoms with van der Waals surface area (Å²) in [5.41, 5.74) is 0.287. The van der Waals surface area contributed by atoms with Crippen LogP contribution in [-0.4, -0.2) is 28.7 Å². The fourth-order valence-corrected chi connectivity index (χ4v) is 11.8. The van der Waals surface area contributed by atoms with E-state index in [1.807, 2.05) is 0 Å². The molecule has 5 rings (SSSR count). The molecule has 5 aliphatic rings. The van der Waals surface area contributed by atoms with Crippen LogP contribution in [0, 0.1) is 55.7 Å². The standard InChI is InChI=1S/C31H52O3/c1-20-21(33)9-10-22-27(20,4)13-16-30(7)28(22,5)14-15-29(6)23-17-25(2,19-32)11-12-26(23,3)18-24(34)31(29,30)8/h20,22-24,32,34H,9-19H2,1-8H3. The lowest BCUT2D eigenvalue weighted by atomic mass is 9.25. The molecule has 0 aliphatic heterocycles. The van der Waals surface area contributed by atoms with E-state index in [9.17, 15) is 15.0 Å². The van der Waals surface area contributed by atoms with E-state index in [0.29, 0.717) is 17.6 Å². The summed E-state index contributed by atoms with van der Waals surface area (Å²) >= 11 is 0. The zero-order valence-corrected chi connectivity index (χ0v) is 23.4. The minimum atomic E-state index is -0.297. The lowest BCUT2D eigenvalue weighted by molar-refractivity contribution is -0.329. The maximum atomic E-state index is 12.8. The van der Waals surface area contributed by atoms with E-state index in [-0.39, 0.29) is 56.5 Å². The third-order valence-electron chi connectivity index (χ3n) is 15.0. The Bertz CT molecular complexity index is 884. The van der Waals surface area contributed by atoms with Crippen molar-refractivity contribution in [1.82, 2.24) is 0 Å². The van der Waals surface area contributed by atoms with Crippen LogP contribution in [0.5, 0.6) is 0 Å². The highest BCUT2D eigenvalue weighted by atomic mass is 16.3. The number of carbonyl (C=O) groups is 1. The van der Waals surface area contributed by atoms with E-state index in [0.717, 1.165) is 57.8 Å². The highest BCUT2D eigenvalue weighted by Gasteiger charge is 2.77. The number of Topliss-reactive ketones (excluding diaryl/α,β-unsaturated/α-hetero) is 1. The SMILES string of the molecule is CC1C(=O)CCC2C1(C)CCC1(C)C2(C)CCC2(C)C3CC(C)(CO)CCC3(C)CC(O)C21C. The number of fused-ring (bicyclic) bond motifs is 7. The van der Waals surface area contributed by atoms with Crippen LogP contribution < -0.4 is 0 Å². The molecule has 0 aromatic carbocycles. The number of aliphatic hydroxyl groups is 2. The van der Waals surface area contributed by atoms with Crippen molar-refractivity contribution in [3.8, 4) is 0 Å². The number of carbonyl (C=O) groups excluding carboxylic acids is 1. The van der Waals surface area contributed by atoms with Crippen molar-refractivity contribution in [3.05, 3.63) is 0 Å². The van der Waals surface area contributed by atoms with Crippen LogP contribution in [-0.2, 0) is 4.79 Å². The zero-order valence-electron chi connectivity index (χ0n) is 23.4. The molecule has 0 spiro atoms. The highest BCUT2D eigenvalue weighted by Crippen LogP contribution is 2.82. The molecule has 2 N–H and O–H groups in total. The maximum Gasteiger partial charge on any atom is 0.136 e. The van der Waals surface area contributed by atoms with Crippen LogP contribution in [0.3, 0.4) is 0 Å². The number of ketones is 1. The van der Waals surface area contributed by atoms with Crippen molar-refractivity contribution in [3.63, 3.8) is 0 Å². The van der Waals surface area contributed by atoms with E-state index in [2.05, 4.69) is 55.4 Å². The highest BCUT2D eigenvalue weighted by molar-refractivity contribution is 5.82. The van der Waals surface area contributed by atoms with Gasteiger partial charge in [-0.25, -0.2) is 0 Å². The summed E-state index contributed by atoms with van der Waals surface area (Å²) in [6, 6.07) is 0. The first-order valence-corrected chi connectivity index (χ1v) is 14.4. The molecule has 0 radical (unpaired) electrons. The van der Waals surface area contributed by atoms with Crippen LogP contribution in [0.15, 0.2) is 0 Å². The number of hydrogen-bond acceptors (Lipinski definition) is 3. The van der Waals surface area contributed by atoms with Gasteiger partial charge >= 0.3 is 0 Å². The lowest BCUT2D eigenvalue weighted by Crippen LogP contribution is -2.75. The third kappa shape index (κ3) is 2.65. The largest absolute Gasteiger partial charge is 0.396 e. The minimum Gasteiger partial charge on any atom is -0.396 e. The Balaban J connectivity index is 1.63. The summed E-state index contributed by atoms with van der Waals surface area (Å²) < 4.78 is 0. The van der Waals surface area contributed by atoms with Gasteiger partial charge in [-0.1, -0.05) is 55.4 Å². The topological polar surface area (TPSA) is 57.5 Å². The predicted molar refractivity (Wildman–Crippen MR) is 137 cm³/mol. The molecule has 11 unspecified atom stereocenters. The molecule has 34 heavy (non-hydrogen) atoms. The van der Waals surface area contributed by atoms with Gasteiger partial charge in [-0.3, -0.25) is 4.79 Å². The van der Waals surface area contributed by atoms with Gasteiger partial charge in [0.2, 0.25) is 0 Å². The molecule has 3 nitrogen and oxygen atoms in total. The van der Waals surface area contributed by atoms with E-state index >= 15 is 0 Å². The molecule has 194 valence electrons. The Kier molecular flexibility index (Phi) is 5.29. The van der Waals surface area contributed by atoms with Gasteiger partial charge in [0.05, 0.1) is 6.10 Å². The van der Waals surface area contributed by atoms with E-state index < -0.39 is 0 Å². The molecule has 0 aromatic rings. The summed E-state index contributed by atoms with van der Waals surface area (Å²) in [4.78, 5) is 12.8. The second-order valence-corrected chi connectivity index (χ2v) is 15.8. The fraction of sp³-hybridized carbons (Fsp3) is 0.968. The number of hydrogen-bond donors (Lipinski definition) is 2. The van der Waals surface area contributed by atoms with Crippen molar-refractivity contribution < 1.29 is 15.0 Å². The number of aliphatic hydroxyl groups excluding tert-OH is 2. The Morgan fingerprint density at radius 2 is 1.47 bits per heavy atom. The molecule has 11 atom stereocenters. The Hall–Kier alpha value is -0.410. The Labute approximate surface area is 208 Å². The molecule has 0 bridgehead atoms. The normalized spacial score (nSPS) is 61.6. The molecule has 5 fully saturated rings. The van der Waals surface area contributed by atoms with Crippen LogP contribution >= 0.6 is 0 Å². The molecule has 0 aromatic heterocycles. The van der Waals surface area contributed by atoms with Crippen molar-refractivity contribution in [2.24, 2.45) is 55.7 Å². The molecule has 0 heterocycles. The molecule has 3 heteroatoms. The first-order chi connectivity index (χ1) is 15.6. The second-order valence-electron chi connectivity index (χ2n) is 15.8. The molecule has 5 aliphatic carbocycles. The molecule has 5 saturated carbocycles. The molecule has 0 saturated heterocycles. The van der Waals surface area contributed by atoms with Gasteiger partial charge in [-0.05, 0) is 102 Å². The molecular weight excluding hydrogens is 420 g/mol. The van der Waals surface area contributed by atoms with Gasteiger partial charge in [0.25, 0.3) is 0 Å². The minimum absolute atomic E-state index is 0.00233. The summed E-state index contributed by atoms with van der Waals surface area (Å²) in [6.45, 7) is 19.7. The lowest BCUT2D eigenvalue weighted by Gasteiger charge is -2.79. The average Bonchev–Trinajstić information content (AvgIpc) is 2.78. The van der Waals surface area contributed by atoms with Gasteiger partial charge in [0.1, 0.15) is 5.78 Å². The van der Waals surface area contributed by atoms with Gasteiger partial charge < -0.3 is 10.2 Å². The first-order valence-electron chi connectivity index (χ1n) is 14.4. The van der Waals surface area contributed by atoms with E-state index in [1.165, 1.54) is 6.42 Å². The van der Waals surface area contributed by atoms with Crippen molar-refractivity contribution in [2.75, 3.05) is 6.61 Å². The Morgan fingerprint density at radius 1 is 0.824 bits per heavy atom. The van der Waals surface area contributed by atoms with Crippen LogP contribution in [0.1, 0.15) is 120 Å². The predicted octanol–water partition coefficient (Wildman–Crippen LogP) is 6.79. The summed E-state index contributed by atoms with van der Waals surface area (Å²) in [7, 11) is 0. The van der Waals surface area contributed by atoms with Gasteiger partial charge in [-0.2, -0.15) is 0 Å². The zero-order chi connectivity index (χ0) is 25.2. The number of rotatable bonds is 1. The van der Waals surface area contributed by atoms with Crippen LogP contribution in [0.4, 0.5) is 0 Å². The van der Waals surface area contributed by atoms with E-state index in [4.69, 9.17) is 0 Å². The average molecular weight is 473 g/mol. The van der Waals surface area contributed by atoms with Gasteiger partial charge in [0, 0.05) is 24.4 Å². The van der Waals surface area contributed by atoms with Crippen molar-refractivity contribution in [2.45, 2.75) is 126 Å². The monoisotopic (exact) mass is 472 g/mol. The van der Waals surface area contributed by atoms with Crippen LogP contribution in [0.25, 0.3) is 0 Å². The summed E-state index contributed by atoms with van der Waals surface area (Å²) in [6.07, 6.45) is 10.2. The van der Waals surface area contributed by atoms with Gasteiger partial charge in [0.15, 0.2) is 0 Å². The summed E-state index contributed by atoms with van der Waals surface area (Å²) in [5.74, 6) is 1.69. The van der Waals surface area contributed by atoms with Crippen molar-refractivity contribution in [1.29, 1.82) is 0 Å². The summed E-state index contributed by atoms with van der Waals surface area (Å²) in [5, 5.41) is 22.5. The smallest absolute Gasteiger partial charge is 0.136 e. The molecular formula is C31H52O3. The van der Waals surface area contributed by atoms with Crippen molar-refractivity contribution >= 4 is 5.78 Å². The Morgan fingerprint density at radius 3 is 2.12 bits per heavy atom.